The van der Waals surface area contributed by atoms with Crippen LogP contribution in [0.1, 0.15) is 44.1 Å². The molecule has 3 atom stereocenters. The van der Waals surface area contributed by atoms with Gasteiger partial charge in [0.15, 0.2) is 0 Å². The molecule has 0 radical (unpaired) electrons. The Morgan fingerprint density at radius 2 is 2.05 bits per heavy atom. The Balaban J connectivity index is 1.75. The van der Waals surface area contributed by atoms with Gasteiger partial charge in [-0.1, -0.05) is 30.5 Å². The normalized spacial score (nSPS) is 30.7. The van der Waals surface area contributed by atoms with Crippen molar-refractivity contribution in [2.75, 3.05) is 6.54 Å². The molecule has 1 aliphatic heterocycles. The van der Waals surface area contributed by atoms with Crippen molar-refractivity contribution in [3.63, 3.8) is 0 Å². The van der Waals surface area contributed by atoms with Crippen LogP contribution in [0.5, 0.6) is 0 Å². The SMILES string of the molecule is OC1CCCC1C1CCCCN1Cc1ccc(F)cc1Cl. The van der Waals surface area contributed by atoms with Crippen LogP contribution >= 0.6 is 11.6 Å². The smallest absolute Gasteiger partial charge is 0.124 e. The molecule has 1 aromatic carbocycles. The summed E-state index contributed by atoms with van der Waals surface area (Å²) in [5, 5.41) is 10.7. The van der Waals surface area contributed by atoms with Gasteiger partial charge >= 0.3 is 0 Å². The molecule has 1 heterocycles. The molecule has 21 heavy (non-hydrogen) atoms. The van der Waals surface area contributed by atoms with E-state index < -0.39 is 0 Å². The van der Waals surface area contributed by atoms with E-state index in [9.17, 15) is 9.50 Å². The van der Waals surface area contributed by atoms with Crippen molar-refractivity contribution in [3.05, 3.63) is 34.6 Å². The Labute approximate surface area is 130 Å². The van der Waals surface area contributed by atoms with E-state index >= 15 is 0 Å². The largest absolute Gasteiger partial charge is 0.393 e. The predicted molar refractivity (Wildman–Crippen MR) is 82.8 cm³/mol. The highest BCUT2D eigenvalue weighted by molar-refractivity contribution is 6.31. The quantitative estimate of drug-likeness (QED) is 0.912. The summed E-state index contributed by atoms with van der Waals surface area (Å²) in [4.78, 5) is 2.45. The zero-order chi connectivity index (χ0) is 14.8. The maximum Gasteiger partial charge on any atom is 0.124 e. The number of likely N-dealkylation sites (tertiary alicyclic amines) is 1. The van der Waals surface area contributed by atoms with E-state index in [1.54, 1.807) is 6.07 Å². The zero-order valence-electron chi connectivity index (χ0n) is 12.3. The minimum Gasteiger partial charge on any atom is -0.393 e. The molecule has 1 N–H and O–H groups in total. The molecule has 0 bridgehead atoms. The molecule has 1 aliphatic carbocycles. The molecule has 0 amide bonds. The first-order chi connectivity index (χ1) is 10.1. The molecule has 0 spiro atoms. The van der Waals surface area contributed by atoms with Crippen LogP contribution in [0.15, 0.2) is 18.2 Å². The molecule has 2 nitrogen and oxygen atoms in total. The Morgan fingerprint density at radius 1 is 1.19 bits per heavy atom. The maximum atomic E-state index is 13.2. The number of nitrogens with zero attached hydrogens (tertiary/aromatic N) is 1. The number of aliphatic hydroxyl groups is 1. The van der Waals surface area contributed by atoms with Crippen molar-refractivity contribution < 1.29 is 9.50 Å². The second-order valence-electron chi connectivity index (χ2n) is 6.43. The van der Waals surface area contributed by atoms with Crippen molar-refractivity contribution >= 4 is 11.6 Å². The second kappa shape index (κ2) is 6.64. The molecular weight excluding hydrogens is 289 g/mol. The van der Waals surface area contributed by atoms with Crippen molar-refractivity contribution in [1.29, 1.82) is 0 Å². The van der Waals surface area contributed by atoms with Gasteiger partial charge in [-0.3, -0.25) is 4.90 Å². The van der Waals surface area contributed by atoms with Crippen LogP contribution < -0.4 is 0 Å². The van der Waals surface area contributed by atoms with Crippen molar-refractivity contribution in [2.24, 2.45) is 5.92 Å². The number of aliphatic hydroxyl groups excluding tert-OH is 1. The number of halogens is 2. The summed E-state index contributed by atoms with van der Waals surface area (Å²) in [6, 6.07) is 5.09. The number of hydrogen-bond donors (Lipinski definition) is 1. The fraction of sp³-hybridized carbons (Fsp3) is 0.647. The molecule has 0 aromatic heterocycles. The third-order valence-electron chi connectivity index (χ3n) is 5.08. The van der Waals surface area contributed by atoms with Crippen LogP contribution in [0.4, 0.5) is 4.39 Å². The summed E-state index contributed by atoms with van der Waals surface area (Å²) in [6.45, 7) is 1.80. The highest BCUT2D eigenvalue weighted by atomic mass is 35.5. The number of benzene rings is 1. The Hall–Kier alpha value is -0.640. The van der Waals surface area contributed by atoms with Crippen LogP contribution in [0.2, 0.25) is 5.02 Å². The lowest BCUT2D eigenvalue weighted by Gasteiger charge is -2.40. The van der Waals surface area contributed by atoms with Gasteiger partial charge in [-0.2, -0.15) is 0 Å². The summed E-state index contributed by atoms with van der Waals surface area (Å²) in [5.41, 5.74) is 0.984. The van der Waals surface area contributed by atoms with Gasteiger partial charge in [-0.05, 0) is 49.9 Å². The van der Waals surface area contributed by atoms with E-state index in [1.165, 1.54) is 25.0 Å². The molecule has 4 heteroatoms. The Morgan fingerprint density at radius 3 is 2.76 bits per heavy atom. The predicted octanol–water partition coefficient (Wildman–Crippen LogP) is 3.99. The number of rotatable bonds is 3. The van der Waals surface area contributed by atoms with E-state index in [1.807, 2.05) is 0 Å². The average Bonchev–Trinajstić information content (AvgIpc) is 2.89. The summed E-state index contributed by atoms with van der Waals surface area (Å²) in [5.74, 6) is 0.106. The summed E-state index contributed by atoms with van der Waals surface area (Å²) >= 11 is 6.17. The third kappa shape index (κ3) is 3.41. The fourth-order valence-electron chi connectivity index (χ4n) is 3.98. The first-order valence-electron chi connectivity index (χ1n) is 8.01. The summed E-state index contributed by atoms with van der Waals surface area (Å²) in [7, 11) is 0. The van der Waals surface area contributed by atoms with E-state index in [0.29, 0.717) is 17.0 Å². The summed E-state index contributed by atoms with van der Waals surface area (Å²) < 4.78 is 13.2. The topological polar surface area (TPSA) is 23.5 Å². The molecule has 1 saturated carbocycles. The highest BCUT2D eigenvalue weighted by Crippen LogP contribution is 2.36. The Kier molecular flexibility index (Phi) is 4.82. The highest BCUT2D eigenvalue weighted by Gasteiger charge is 2.36. The first-order valence-corrected chi connectivity index (χ1v) is 8.39. The van der Waals surface area contributed by atoms with Crippen LogP contribution in [0.3, 0.4) is 0 Å². The Bertz CT molecular complexity index is 496. The van der Waals surface area contributed by atoms with E-state index in [4.69, 9.17) is 11.6 Å². The van der Waals surface area contributed by atoms with Gasteiger partial charge in [0.25, 0.3) is 0 Å². The van der Waals surface area contributed by atoms with E-state index in [2.05, 4.69) is 4.90 Å². The molecular formula is C17H23ClFNO. The van der Waals surface area contributed by atoms with Gasteiger partial charge in [0.05, 0.1) is 6.10 Å². The third-order valence-corrected chi connectivity index (χ3v) is 5.43. The van der Waals surface area contributed by atoms with Gasteiger partial charge in [0, 0.05) is 23.5 Å². The van der Waals surface area contributed by atoms with Gasteiger partial charge in [0.1, 0.15) is 5.82 Å². The lowest BCUT2D eigenvalue weighted by atomic mass is 9.87. The molecule has 1 aromatic rings. The zero-order valence-corrected chi connectivity index (χ0v) is 13.0. The van der Waals surface area contributed by atoms with Crippen LogP contribution in [-0.2, 0) is 6.54 Å². The summed E-state index contributed by atoms with van der Waals surface area (Å²) in [6.07, 6.45) is 6.62. The fourth-order valence-corrected chi connectivity index (χ4v) is 4.21. The average molecular weight is 312 g/mol. The van der Waals surface area contributed by atoms with Gasteiger partial charge in [0.2, 0.25) is 0 Å². The first kappa shape index (κ1) is 15.3. The van der Waals surface area contributed by atoms with Gasteiger partial charge in [-0.25, -0.2) is 4.39 Å². The second-order valence-corrected chi connectivity index (χ2v) is 6.84. The van der Waals surface area contributed by atoms with Crippen LogP contribution in [0.25, 0.3) is 0 Å². The molecule has 2 fully saturated rings. The van der Waals surface area contributed by atoms with Crippen molar-refractivity contribution in [2.45, 2.75) is 57.2 Å². The molecule has 3 rings (SSSR count). The van der Waals surface area contributed by atoms with Crippen molar-refractivity contribution in [1.82, 2.24) is 4.90 Å². The standard InChI is InChI=1S/C17H23ClFNO/c18-15-10-13(19)8-7-12(15)11-20-9-2-1-5-16(20)14-4-3-6-17(14)21/h7-8,10,14,16-17,21H,1-6,9,11H2. The number of hydrogen-bond acceptors (Lipinski definition) is 2. The molecule has 3 unspecified atom stereocenters. The minimum absolute atomic E-state index is 0.153. The maximum absolute atomic E-state index is 13.2. The molecule has 1 saturated heterocycles. The monoisotopic (exact) mass is 311 g/mol. The van der Waals surface area contributed by atoms with Crippen molar-refractivity contribution in [3.8, 4) is 0 Å². The van der Waals surface area contributed by atoms with E-state index in [-0.39, 0.29) is 11.9 Å². The minimum atomic E-state index is -0.287. The van der Waals surface area contributed by atoms with Crippen LogP contribution in [0, 0.1) is 11.7 Å². The number of piperidine rings is 1. The van der Waals surface area contributed by atoms with Gasteiger partial charge in [-0.15, -0.1) is 0 Å². The molecule has 2 aliphatic rings. The van der Waals surface area contributed by atoms with Crippen LogP contribution in [-0.4, -0.2) is 28.7 Å². The molecule has 116 valence electrons. The van der Waals surface area contributed by atoms with Gasteiger partial charge < -0.3 is 5.11 Å². The lowest BCUT2D eigenvalue weighted by molar-refractivity contribution is 0.0313. The van der Waals surface area contributed by atoms with E-state index in [0.717, 1.165) is 44.3 Å². The lowest BCUT2D eigenvalue weighted by Crippen LogP contribution is -2.45.